The van der Waals surface area contributed by atoms with E-state index in [1.54, 1.807) is 0 Å². The third kappa shape index (κ3) is 7.14. The molecule has 0 aliphatic carbocycles. The topological polar surface area (TPSA) is 80.3 Å². The molecule has 6 nitrogen and oxygen atoms in total. The first kappa shape index (κ1) is 32.7. The average molecular weight is 655 g/mol. The van der Waals surface area contributed by atoms with Crippen molar-refractivity contribution in [2.45, 2.75) is 52.2 Å². The highest BCUT2D eigenvalue weighted by Gasteiger charge is 2.50. The van der Waals surface area contributed by atoms with Crippen LogP contribution >= 0.6 is 34.8 Å². The van der Waals surface area contributed by atoms with Crippen molar-refractivity contribution in [3.63, 3.8) is 0 Å². The van der Waals surface area contributed by atoms with Crippen LogP contribution in [0.3, 0.4) is 0 Å². The molecule has 3 amide bonds. The zero-order valence-corrected chi connectivity index (χ0v) is 27.9. The number of para-hydroxylation sites is 1. The molecule has 43 heavy (non-hydrogen) atoms. The van der Waals surface area contributed by atoms with Gasteiger partial charge in [-0.25, -0.2) is 9.78 Å². The fourth-order valence-corrected chi connectivity index (χ4v) is 10.3. The highest BCUT2D eigenvalue weighted by molar-refractivity contribution is 6.99. The molecule has 0 spiro atoms. The normalized spacial score (nSPS) is 11.8. The zero-order valence-electron chi connectivity index (χ0n) is 24.7. The summed E-state index contributed by atoms with van der Waals surface area (Å²) in [6.45, 7) is 11.0. The fourth-order valence-electron chi connectivity index (χ4n) is 5.24. The van der Waals surface area contributed by atoms with Gasteiger partial charge in [0.25, 0.3) is 14.2 Å². The van der Waals surface area contributed by atoms with Crippen molar-refractivity contribution in [1.82, 2.24) is 10.3 Å². The summed E-state index contributed by atoms with van der Waals surface area (Å²) in [5.41, 5.74) is 2.20. The molecule has 2 N–H and O–H groups in total. The van der Waals surface area contributed by atoms with Gasteiger partial charge in [0.15, 0.2) is 0 Å². The molecular weight excluding hydrogens is 621 g/mol. The minimum atomic E-state index is -2.85. The first-order valence-corrected chi connectivity index (χ1v) is 16.9. The Morgan fingerprint density at radius 2 is 1.44 bits per heavy atom. The maximum atomic E-state index is 13.2. The largest absolute Gasteiger partial charge is 0.403 e. The van der Waals surface area contributed by atoms with Gasteiger partial charge in [-0.2, -0.15) is 0 Å². The summed E-state index contributed by atoms with van der Waals surface area (Å²) in [5, 5.41) is 7.15. The van der Waals surface area contributed by atoms with E-state index in [2.05, 4.69) is 60.7 Å². The minimum Gasteiger partial charge on any atom is -0.403 e. The lowest BCUT2D eigenvalue weighted by Crippen LogP contribution is -2.66. The molecule has 224 valence electrons. The third-order valence-electron chi connectivity index (χ3n) is 7.26. The number of carbonyl (C=O) groups excluding carboxylic acids is 2. The van der Waals surface area contributed by atoms with Crippen LogP contribution in [0.1, 0.15) is 62.0 Å². The molecule has 0 atom stereocenters. The molecule has 10 heteroatoms. The van der Waals surface area contributed by atoms with Crippen LogP contribution in [0.25, 0.3) is 0 Å². The van der Waals surface area contributed by atoms with E-state index < -0.39 is 20.3 Å². The van der Waals surface area contributed by atoms with Gasteiger partial charge in [-0.15, -0.1) is 0 Å². The van der Waals surface area contributed by atoms with Gasteiger partial charge < -0.3 is 9.74 Å². The van der Waals surface area contributed by atoms with Crippen molar-refractivity contribution >= 4 is 71.1 Å². The molecule has 0 saturated carbocycles. The maximum Gasteiger partial charge on any atom is 0.326 e. The van der Waals surface area contributed by atoms with Crippen LogP contribution in [-0.2, 0) is 11.0 Å². The third-order valence-corrected chi connectivity index (χ3v) is 13.2. The summed E-state index contributed by atoms with van der Waals surface area (Å²) in [4.78, 5) is 29.9. The van der Waals surface area contributed by atoms with Gasteiger partial charge in [-0.3, -0.25) is 10.1 Å². The molecule has 0 fully saturated rings. The number of amides is 3. The van der Waals surface area contributed by atoms with Crippen LogP contribution in [0.2, 0.25) is 20.4 Å². The van der Waals surface area contributed by atoms with Crippen molar-refractivity contribution < 1.29 is 14.0 Å². The first-order valence-electron chi connectivity index (χ1n) is 13.9. The predicted octanol–water partition coefficient (Wildman–Crippen LogP) is 8.20. The van der Waals surface area contributed by atoms with Crippen molar-refractivity contribution in [2.24, 2.45) is 0 Å². The van der Waals surface area contributed by atoms with E-state index >= 15 is 0 Å². The second kappa shape index (κ2) is 13.6. The molecule has 0 radical (unpaired) electrons. The van der Waals surface area contributed by atoms with Crippen molar-refractivity contribution in [3.8, 4) is 0 Å². The van der Waals surface area contributed by atoms with Gasteiger partial charge in [0.1, 0.15) is 10.3 Å². The van der Waals surface area contributed by atoms with Crippen LogP contribution in [0, 0.1) is 0 Å². The number of hydrogen-bond donors (Lipinski definition) is 2. The molecule has 4 rings (SSSR count). The van der Waals surface area contributed by atoms with E-state index in [4.69, 9.17) is 39.2 Å². The maximum absolute atomic E-state index is 13.2. The summed E-state index contributed by atoms with van der Waals surface area (Å²) in [6, 6.07) is 27.1. The smallest absolute Gasteiger partial charge is 0.326 e. The van der Waals surface area contributed by atoms with Crippen molar-refractivity contribution in [2.75, 3.05) is 5.32 Å². The SMILES string of the molecule is CC(C)c1cccc(CO[Si](c2ccccc2)(c2ccccc2)C(C)(C)C)c1NC(=O)NC(=O)c1cc(Cl)c(Cl)nc1Cl. The van der Waals surface area contributed by atoms with Gasteiger partial charge in [0.2, 0.25) is 0 Å². The Morgan fingerprint density at radius 3 is 1.98 bits per heavy atom. The number of imide groups is 1. The number of halogens is 3. The van der Waals surface area contributed by atoms with Crippen LogP contribution in [0.15, 0.2) is 84.9 Å². The van der Waals surface area contributed by atoms with Crippen LogP contribution in [0.4, 0.5) is 10.5 Å². The van der Waals surface area contributed by atoms with Crippen LogP contribution < -0.4 is 21.0 Å². The standard InChI is InChI=1S/C33H34Cl3N3O3Si/c1-21(2)25-18-12-13-22(28(25)37-32(41)39-31(40)26-19-27(34)30(36)38-29(26)35)20-42-43(33(3,4)5,23-14-8-6-9-15-23)24-16-10-7-11-17-24/h6-19,21H,20H2,1-5H3,(H2,37,39,40,41). The molecular formula is C33H34Cl3N3O3Si. The number of nitrogens with one attached hydrogen (secondary N) is 2. The lowest BCUT2D eigenvalue weighted by Gasteiger charge is -2.43. The first-order chi connectivity index (χ1) is 20.3. The Labute approximate surface area is 268 Å². The van der Waals surface area contributed by atoms with Gasteiger partial charge in [0, 0.05) is 5.56 Å². The van der Waals surface area contributed by atoms with Gasteiger partial charge in [-0.05, 0) is 33.0 Å². The molecule has 0 bridgehead atoms. The number of aromatic nitrogens is 1. The van der Waals surface area contributed by atoms with E-state index in [1.165, 1.54) is 6.07 Å². The monoisotopic (exact) mass is 653 g/mol. The number of hydrogen-bond acceptors (Lipinski definition) is 4. The van der Waals surface area contributed by atoms with E-state index in [-0.39, 0.29) is 38.5 Å². The van der Waals surface area contributed by atoms with E-state index in [0.717, 1.165) is 21.5 Å². The lowest BCUT2D eigenvalue weighted by molar-refractivity contribution is 0.0967. The number of anilines is 1. The van der Waals surface area contributed by atoms with Gasteiger partial charge in [0.05, 0.1) is 22.9 Å². The Bertz CT molecular complexity index is 1570. The number of rotatable bonds is 8. The number of urea groups is 1. The second-order valence-electron chi connectivity index (χ2n) is 11.5. The molecule has 3 aromatic carbocycles. The number of benzene rings is 3. The fraction of sp³-hybridized carbons (Fsp3) is 0.242. The molecule has 1 aromatic heterocycles. The van der Waals surface area contributed by atoms with E-state index in [1.807, 2.05) is 68.4 Å². The summed E-state index contributed by atoms with van der Waals surface area (Å²) in [6.07, 6.45) is 0. The summed E-state index contributed by atoms with van der Waals surface area (Å²) in [7, 11) is -2.85. The van der Waals surface area contributed by atoms with Gasteiger partial charge in [-0.1, -0.05) is 148 Å². The Kier molecular flexibility index (Phi) is 10.4. The Morgan fingerprint density at radius 1 is 0.860 bits per heavy atom. The predicted molar refractivity (Wildman–Crippen MR) is 179 cm³/mol. The van der Waals surface area contributed by atoms with Gasteiger partial charge >= 0.3 is 6.03 Å². The molecule has 0 saturated heterocycles. The van der Waals surface area contributed by atoms with Crippen molar-refractivity contribution in [1.29, 1.82) is 0 Å². The minimum absolute atomic E-state index is 0.0379. The van der Waals surface area contributed by atoms with Crippen molar-refractivity contribution in [3.05, 3.63) is 117 Å². The average Bonchev–Trinajstić information content (AvgIpc) is 2.96. The van der Waals surface area contributed by atoms with Crippen LogP contribution in [-0.4, -0.2) is 25.2 Å². The summed E-state index contributed by atoms with van der Waals surface area (Å²) in [5.74, 6) is -0.687. The number of nitrogens with zero attached hydrogens (tertiary/aromatic N) is 1. The molecule has 0 aliphatic rings. The summed E-state index contributed by atoms with van der Waals surface area (Å²) < 4.78 is 7.15. The number of pyridine rings is 1. The number of carbonyl (C=O) groups is 2. The second-order valence-corrected chi connectivity index (χ2v) is 16.9. The van der Waals surface area contributed by atoms with Crippen LogP contribution in [0.5, 0.6) is 0 Å². The Hall–Kier alpha value is -3.20. The molecule has 1 heterocycles. The molecule has 0 aliphatic heterocycles. The zero-order chi connectivity index (χ0) is 31.4. The molecule has 4 aromatic rings. The highest BCUT2D eigenvalue weighted by atomic mass is 35.5. The summed E-state index contributed by atoms with van der Waals surface area (Å²) >= 11 is 18.0. The highest BCUT2D eigenvalue weighted by Crippen LogP contribution is 2.38. The lowest BCUT2D eigenvalue weighted by atomic mass is 9.98. The van der Waals surface area contributed by atoms with E-state index in [9.17, 15) is 9.59 Å². The Balaban J connectivity index is 1.70. The van der Waals surface area contributed by atoms with E-state index in [0.29, 0.717) is 5.69 Å². The molecule has 0 unspecified atom stereocenters. The quantitative estimate of drug-likeness (QED) is 0.148.